The molecule has 0 spiro atoms. The number of likely N-dealkylation sites (tertiary alicyclic amines) is 1. The Labute approximate surface area is 185 Å². The minimum absolute atomic E-state index is 0.0263. The van der Waals surface area contributed by atoms with Crippen LogP contribution in [0, 0.1) is 34.6 Å². The number of piperidine rings is 1. The van der Waals surface area contributed by atoms with E-state index in [1.165, 1.54) is 0 Å². The minimum Gasteiger partial charge on any atom is -0.450 e. The molecule has 1 atom stereocenters. The number of hydrogen-bond donors (Lipinski definition) is 2. The van der Waals surface area contributed by atoms with Gasteiger partial charge in [0.25, 0.3) is 0 Å². The topological polar surface area (TPSA) is 105 Å². The third-order valence-corrected chi connectivity index (χ3v) is 7.94. The standard InChI is InChI=1S/C22H35N3O5S/c1-7-30-22(27)24-19-9-8-12-25(13-19)20(26)10-11-23-31(28,29)21-17(5)15(3)14(2)16(4)18(21)6/h19,23H,7-13H2,1-6H3,(H,24,27). The van der Waals surface area contributed by atoms with Gasteiger partial charge in [0.05, 0.1) is 11.5 Å². The SMILES string of the molecule is CCOC(=O)NC1CCCN(C(=O)CCNS(=O)(=O)c2c(C)c(C)c(C)c(C)c2C)C1. The molecule has 2 N–H and O–H groups in total. The third kappa shape index (κ3) is 5.98. The van der Waals surface area contributed by atoms with Gasteiger partial charge in [-0.3, -0.25) is 4.79 Å². The van der Waals surface area contributed by atoms with E-state index in [4.69, 9.17) is 4.74 Å². The number of hydrogen-bond acceptors (Lipinski definition) is 5. The number of nitrogens with one attached hydrogen (secondary N) is 2. The molecule has 1 aliphatic rings. The van der Waals surface area contributed by atoms with E-state index in [0.29, 0.717) is 24.6 Å². The number of ether oxygens (including phenoxy) is 1. The molecule has 1 saturated heterocycles. The molecule has 1 aromatic carbocycles. The Morgan fingerprint density at radius 3 is 2.19 bits per heavy atom. The molecule has 0 aliphatic carbocycles. The smallest absolute Gasteiger partial charge is 0.407 e. The zero-order chi connectivity index (χ0) is 23.3. The number of carbonyl (C=O) groups is 2. The van der Waals surface area contributed by atoms with Crippen LogP contribution in [0.3, 0.4) is 0 Å². The maximum atomic E-state index is 13.0. The molecule has 2 amide bonds. The highest BCUT2D eigenvalue weighted by Crippen LogP contribution is 2.29. The molecular weight excluding hydrogens is 418 g/mol. The van der Waals surface area contributed by atoms with Crippen LogP contribution >= 0.6 is 0 Å². The predicted octanol–water partition coefficient (Wildman–Crippen LogP) is 2.63. The third-order valence-electron chi connectivity index (χ3n) is 6.20. The molecule has 0 bridgehead atoms. The van der Waals surface area contributed by atoms with E-state index in [9.17, 15) is 18.0 Å². The van der Waals surface area contributed by atoms with Crippen LogP contribution in [0.1, 0.15) is 54.0 Å². The molecule has 0 radical (unpaired) electrons. The maximum absolute atomic E-state index is 13.0. The number of amides is 2. The molecular formula is C22H35N3O5S. The lowest BCUT2D eigenvalue weighted by molar-refractivity contribution is -0.132. The van der Waals surface area contributed by atoms with Gasteiger partial charge >= 0.3 is 6.09 Å². The zero-order valence-corrected chi connectivity index (χ0v) is 20.2. The Hall–Kier alpha value is -2.13. The summed E-state index contributed by atoms with van der Waals surface area (Å²) in [5.74, 6) is -0.136. The van der Waals surface area contributed by atoms with E-state index in [1.807, 2.05) is 34.6 Å². The van der Waals surface area contributed by atoms with Gasteiger partial charge in [-0.05, 0) is 82.2 Å². The van der Waals surface area contributed by atoms with E-state index >= 15 is 0 Å². The summed E-state index contributed by atoms with van der Waals surface area (Å²) in [7, 11) is -3.74. The van der Waals surface area contributed by atoms with Crippen molar-refractivity contribution < 1.29 is 22.7 Å². The number of alkyl carbamates (subject to hydrolysis) is 1. The average molecular weight is 454 g/mol. The van der Waals surface area contributed by atoms with Gasteiger partial charge < -0.3 is 15.0 Å². The Kier molecular flexibility index (Phi) is 8.48. The van der Waals surface area contributed by atoms with E-state index < -0.39 is 16.1 Å². The van der Waals surface area contributed by atoms with Gasteiger partial charge in [-0.25, -0.2) is 17.9 Å². The van der Waals surface area contributed by atoms with Gasteiger partial charge in [0.2, 0.25) is 15.9 Å². The Bertz CT molecular complexity index is 914. The molecule has 1 fully saturated rings. The fourth-order valence-corrected chi connectivity index (χ4v) is 5.68. The molecule has 31 heavy (non-hydrogen) atoms. The summed E-state index contributed by atoms with van der Waals surface area (Å²) in [6.07, 6.45) is 1.13. The van der Waals surface area contributed by atoms with Crippen molar-refractivity contribution in [3.63, 3.8) is 0 Å². The summed E-state index contributed by atoms with van der Waals surface area (Å²) in [4.78, 5) is 26.2. The first-order chi connectivity index (χ1) is 14.5. The fraction of sp³-hybridized carbons (Fsp3) is 0.636. The highest BCUT2D eigenvalue weighted by molar-refractivity contribution is 7.89. The van der Waals surface area contributed by atoms with Gasteiger partial charge in [0.1, 0.15) is 0 Å². The maximum Gasteiger partial charge on any atom is 0.407 e. The average Bonchev–Trinajstić information content (AvgIpc) is 2.71. The Morgan fingerprint density at radius 1 is 1.03 bits per heavy atom. The van der Waals surface area contributed by atoms with Crippen LogP contribution in [-0.2, 0) is 19.6 Å². The van der Waals surface area contributed by atoms with Crippen LogP contribution in [-0.4, -0.2) is 57.6 Å². The Balaban J connectivity index is 1.98. The molecule has 1 aliphatic heterocycles. The first kappa shape index (κ1) is 25.1. The molecule has 1 heterocycles. The monoisotopic (exact) mass is 453 g/mol. The van der Waals surface area contributed by atoms with Crippen LogP contribution < -0.4 is 10.0 Å². The molecule has 8 nitrogen and oxygen atoms in total. The second-order valence-electron chi connectivity index (χ2n) is 8.15. The number of benzene rings is 1. The normalized spacial score (nSPS) is 16.8. The quantitative estimate of drug-likeness (QED) is 0.660. The van der Waals surface area contributed by atoms with E-state index in [-0.39, 0.29) is 24.9 Å². The van der Waals surface area contributed by atoms with Crippen molar-refractivity contribution in [3.8, 4) is 0 Å². The van der Waals surface area contributed by atoms with E-state index in [2.05, 4.69) is 10.0 Å². The summed E-state index contributed by atoms with van der Waals surface area (Å²) in [6, 6.07) is -0.155. The highest BCUT2D eigenvalue weighted by Gasteiger charge is 2.26. The van der Waals surface area contributed by atoms with Crippen LogP contribution in [0.5, 0.6) is 0 Å². The number of rotatable bonds is 7. The van der Waals surface area contributed by atoms with Crippen molar-refractivity contribution in [2.24, 2.45) is 0 Å². The van der Waals surface area contributed by atoms with Gasteiger partial charge in [-0.1, -0.05) is 0 Å². The molecule has 0 saturated carbocycles. The summed E-state index contributed by atoms with van der Waals surface area (Å²) < 4.78 is 33.5. The van der Waals surface area contributed by atoms with Crippen LogP contribution in [0.2, 0.25) is 0 Å². The van der Waals surface area contributed by atoms with Crippen LogP contribution in [0.25, 0.3) is 0 Å². The summed E-state index contributed by atoms with van der Waals surface area (Å²) >= 11 is 0. The van der Waals surface area contributed by atoms with Crippen molar-refractivity contribution in [2.75, 3.05) is 26.2 Å². The summed E-state index contributed by atoms with van der Waals surface area (Å²) in [6.45, 7) is 12.5. The number of sulfonamides is 1. The molecule has 9 heteroatoms. The summed E-state index contributed by atoms with van der Waals surface area (Å²) in [5, 5.41) is 2.77. The van der Waals surface area contributed by atoms with Gasteiger partial charge in [-0.2, -0.15) is 0 Å². The lowest BCUT2D eigenvalue weighted by atomic mass is 9.95. The van der Waals surface area contributed by atoms with Crippen molar-refractivity contribution in [1.29, 1.82) is 0 Å². The lowest BCUT2D eigenvalue weighted by Crippen LogP contribution is -2.50. The van der Waals surface area contributed by atoms with Crippen LogP contribution in [0.15, 0.2) is 4.90 Å². The molecule has 0 aromatic heterocycles. The van der Waals surface area contributed by atoms with Crippen molar-refractivity contribution in [1.82, 2.24) is 14.9 Å². The second-order valence-corrected chi connectivity index (χ2v) is 9.85. The number of carbonyl (C=O) groups excluding carboxylic acids is 2. The van der Waals surface area contributed by atoms with Gasteiger partial charge in [-0.15, -0.1) is 0 Å². The molecule has 2 rings (SSSR count). The van der Waals surface area contributed by atoms with Crippen molar-refractivity contribution in [2.45, 2.75) is 71.7 Å². The molecule has 1 unspecified atom stereocenters. The predicted molar refractivity (Wildman–Crippen MR) is 120 cm³/mol. The second kappa shape index (κ2) is 10.5. The summed E-state index contributed by atoms with van der Waals surface area (Å²) in [5.41, 5.74) is 4.51. The van der Waals surface area contributed by atoms with E-state index in [0.717, 1.165) is 40.7 Å². The first-order valence-corrected chi connectivity index (χ1v) is 12.3. The van der Waals surface area contributed by atoms with Gasteiger partial charge in [0.15, 0.2) is 0 Å². The molecule has 174 valence electrons. The lowest BCUT2D eigenvalue weighted by Gasteiger charge is -2.33. The number of nitrogens with zero attached hydrogens (tertiary/aromatic N) is 1. The first-order valence-electron chi connectivity index (χ1n) is 10.8. The Morgan fingerprint density at radius 2 is 1.61 bits per heavy atom. The zero-order valence-electron chi connectivity index (χ0n) is 19.4. The van der Waals surface area contributed by atoms with E-state index in [1.54, 1.807) is 11.8 Å². The van der Waals surface area contributed by atoms with Crippen molar-refractivity contribution >= 4 is 22.0 Å². The van der Waals surface area contributed by atoms with Gasteiger partial charge in [0, 0.05) is 32.1 Å². The molecule has 1 aromatic rings. The van der Waals surface area contributed by atoms with Crippen LogP contribution in [0.4, 0.5) is 4.79 Å². The minimum atomic E-state index is -3.74. The largest absolute Gasteiger partial charge is 0.450 e. The highest BCUT2D eigenvalue weighted by atomic mass is 32.2. The fourth-order valence-electron chi connectivity index (χ4n) is 4.05. The van der Waals surface area contributed by atoms with Crippen molar-refractivity contribution in [3.05, 3.63) is 27.8 Å².